The van der Waals surface area contributed by atoms with Crippen LogP contribution in [0, 0.1) is 11.6 Å². The second-order valence-corrected chi connectivity index (χ2v) is 5.15. The number of nitrogens with two attached hydrogens (primary N) is 1. The van der Waals surface area contributed by atoms with Gasteiger partial charge in [-0.2, -0.15) is 0 Å². The number of benzene rings is 2. The molecule has 1 unspecified atom stereocenters. The van der Waals surface area contributed by atoms with E-state index in [1.807, 2.05) is 6.07 Å². The van der Waals surface area contributed by atoms with E-state index in [0.717, 1.165) is 6.07 Å². The third-order valence-electron chi connectivity index (χ3n) is 3.37. The van der Waals surface area contributed by atoms with E-state index in [1.165, 1.54) is 12.1 Å². The molecule has 3 rings (SSSR count). The molecule has 2 aromatic carbocycles. The van der Waals surface area contributed by atoms with Crippen molar-refractivity contribution >= 4 is 23.2 Å². The second-order valence-electron chi connectivity index (χ2n) is 4.74. The summed E-state index contributed by atoms with van der Waals surface area (Å²) in [5.74, 6) is -0.984. The lowest BCUT2D eigenvalue weighted by atomic mass is 10.1. The van der Waals surface area contributed by atoms with Crippen LogP contribution in [-0.4, -0.2) is 12.5 Å². The summed E-state index contributed by atoms with van der Waals surface area (Å²) in [5.41, 5.74) is 7.04. The van der Waals surface area contributed by atoms with E-state index in [-0.39, 0.29) is 12.0 Å². The average Bonchev–Trinajstić information content (AvgIpc) is 2.80. The summed E-state index contributed by atoms with van der Waals surface area (Å²) < 4.78 is 26.9. The van der Waals surface area contributed by atoms with Gasteiger partial charge in [0.25, 0.3) is 0 Å². The highest BCUT2D eigenvalue weighted by molar-refractivity contribution is 6.33. The van der Waals surface area contributed by atoms with Gasteiger partial charge in [-0.25, -0.2) is 8.78 Å². The number of para-hydroxylation sites is 1. The van der Waals surface area contributed by atoms with E-state index in [4.69, 9.17) is 17.3 Å². The standard InChI is InChI=1S/C15H12ClF2N3/c16-12-3-1-2-4-13(12)21-14(8-20-15(21)19)9-5-10(17)7-11(18)6-9/h1-7,14H,8H2,(H2,19,20). The Morgan fingerprint density at radius 3 is 2.48 bits per heavy atom. The minimum Gasteiger partial charge on any atom is -0.369 e. The summed E-state index contributed by atoms with van der Waals surface area (Å²) in [6.07, 6.45) is 0. The molecule has 0 fully saturated rings. The summed E-state index contributed by atoms with van der Waals surface area (Å²) >= 11 is 6.18. The molecule has 0 aromatic heterocycles. The molecule has 0 bridgehead atoms. The normalized spacial score (nSPS) is 18.0. The first kappa shape index (κ1) is 13.8. The molecule has 21 heavy (non-hydrogen) atoms. The van der Waals surface area contributed by atoms with Gasteiger partial charge in [-0.05, 0) is 29.8 Å². The highest BCUT2D eigenvalue weighted by Crippen LogP contribution is 2.35. The van der Waals surface area contributed by atoms with Crippen LogP contribution in [0.15, 0.2) is 47.5 Å². The molecule has 108 valence electrons. The Hall–Kier alpha value is -2.14. The molecule has 1 aliphatic rings. The molecule has 6 heteroatoms. The molecule has 0 aliphatic carbocycles. The summed E-state index contributed by atoms with van der Waals surface area (Å²) in [4.78, 5) is 5.86. The van der Waals surface area contributed by atoms with Crippen molar-refractivity contribution in [3.05, 3.63) is 64.7 Å². The lowest BCUT2D eigenvalue weighted by molar-refractivity contribution is 0.575. The van der Waals surface area contributed by atoms with Crippen LogP contribution in [0.2, 0.25) is 5.02 Å². The van der Waals surface area contributed by atoms with Crippen molar-refractivity contribution in [2.75, 3.05) is 11.4 Å². The van der Waals surface area contributed by atoms with Gasteiger partial charge in [-0.3, -0.25) is 4.99 Å². The van der Waals surface area contributed by atoms with Crippen LogP contribution in [0.4, 0.5) is 14.5 Å². The fourth-order valence-electron chi connectivity index (χ4n) is 2.46. The zero-order valence-corrected chi connectivity index (χ0v) is 11.7. The Kier molecular flexibility index (Phi) is 3.51. The topological polar surface area (TPSA) is 41.6 Å². The Morgan fingerprint density at radius 2 is 1.81 bits per heavy atom. The van der Waals surface area contributed by atoms with E-state index in [0.29, 0.717) is 22.8 Å². The maximum Gasteiger partial charge on any atom is 0.196 e. The lowest BCUT2D eigenvalue weighted by Crippen LogP contribution is -2.36. The minimum atomic E-state index is -0.630. The van der Waals surface area contributed by atoms with Crippen molar-refractivity contribution in [3.8, 4) is 0 Å². The molecule has 1 heterocycles. The molecular formula is C15H12ClF2N3. The van der Waals surface area contributed by atoms with Crippen molar-refractivity contribution < 1.29 is 8.78 Å². The fourth-order valence-corrected chi connectivity index (χ4v) is 2.68. The number of nitrogens with zero attached hydrogens (tertiary/aromatic N) is 2. The van der Waals surface area contributed by atoms with E-state index in [2.05, 4.69) is 4.99 Å². The molecule has 0 saturated carbocycles. The minimum absolute atomic E-state index is 0.276. The molecule has 1 aliphatic heterocycles. The van der Waals surface area contributed by atoms with E-state index in [1.54, 1.807) is 23.1 Å². The van der Waals surface area contributed by atoms with Gasteiger partial charge in [-0.1, -0.05) is 23.7 Å². The number of guanidine groups is 1. The molecule has 1 atom stereocenters. The maximum atomic E-state index is 13.4. The van der Waals surface area contributed by atoms with Crippen molar-refractivity contribution in [1.29, 1.82) is 0 Å². The maximum absolute atomic E-state index is 13.4. The third-order valence-corrected chi connectivity index (χ3v) is 3.69. The van der Waals surface area contributed by atoms with Gasteiger partial charge in [-0.15, -0.1) is 0 Å². The number of rotatable bonds is 2. The van der Waals surface area contributed by atoms with Crippen molar-refractivity contribution in [3.63, 3.8) is 0 Å². The quantitative estimate of drug-likeness (QED) is 0.922. The highest BCUT2D eigenvalue weighted by atomic mass is 35.5. The SMILES string of the molecule is NC1=NCC(c2cc(F)cc(F)c2)N1c1ccccc1Cl. The average molecular weight is 308 g/mol. The predicted molar refractivity (Wildman–Crippen MR) is 79.5 cm³/mol. The summed E-state index contributed by atoms with van der Waals surface area (Å²) in [6, 6.07) is 10.2. The highest BCUT2D eigenvalue weighted by Gasteiger charge is 2.30. The number of hydrogen-bond acceptors (Lipinski definition) is 3. The first-order chi connectivity index (χ1) is 10.1. The van der Waals surface area contributed by atoms with Crippen LogP contribution < -0.4 is 10.6 Å². The molecule has 0 amide bonds. The van der Waals surface area contributed by atoms with Gasteiger partial charge >= 0.3 is 0 Å². The summed E-state index contributed by atoms with van der Waals surface area (Å²) in [7, 11) is 0. The second kappa shape index (κ2) is 5.33. The predicted octanol–water partition coefficient (Wildman–Crippen LogP) is 3.49. The van der Waals surface area contributed by atoms with Gasteiger partial charge in [0.05, 0.1) is 23.3 Å². The van der Waals surface area contributed by atoms with Crippen molar-refractivity contribution in [2.45, 2.75) is 6.04 Å². The number of hydrogen-bond donors (Lipinski definition) is 1. The Morgan fingerprint density at radius 1 is 1.14 bits per heavy atom. The molecule has 0 spiro atoms. The number of anilines is 1. The van der Waals surface area contributed by atoms with Crippen LogP contribution >= 0.6 is 11.6 Å². The van der Waals surface area contributed by atoms with E-state index in [9.17, 15) is 8.78 Å². The number of aliphatic imine (C=N–C) groups is 1. The molecule has 3 nitrogen and oxygen atoms in total. The van der Waals surface area contributed by atoms with Crippen LogP contribution in [-0.2, 0) is 0 Å². The van der Waals surface area contributed by atoms with E-state index >= 15 is 0 Å². The third kappa shape index (κ3) is 2.56. The smallest absolute Gasteiger partial charge is 0.196 e. The summed E-state index contributed by atoms with van der Waals surface area (Å²) in [5, 5.41) is 0.499. The molecule has 0 radical (unpaired) electrons. The first-order valence-electron chi connectivity index (χ1n) is 6.36. The van der Waals surface area contributed by atoms with Gasteiger partial charge in [0.1, 0.15) is 11.6 Å². The Bertz CT molecular complexity index is 698. The van der Waals surface area contributed by atoms with Gasteiger partial charge in [0.2, 0.25) is 0 Å². The molecule has 2 N–H and O–H groups in total. The molecular weight excluding hydrogens is 296 g/mol. The zero-order chi connectivity index (χ0) is 15.0. The summed E-state index contributed by atoms with van der Waals surface area (Å²) in [6.45, 7) is 0.319. The number of halogens is 3. The van der Waals surface area contributed by atoms with E-state index < -0.39 is 11.6 Å². The van der Waals surface area contributed by atoms with Crippen LogP contribution in [0.3, 0.4) is 0 Å². The van der Waals surface area contributed by atoms with Gasteiger partial charge in [0, 0.05) is 6.07 Å². The molecule has 2 aromatic rings. The van der Waals surface area contributed by atoms with Gasteiger partial charge < -0.3 is 10.6 Å². The Balaban J connectivity index is 2.05. The van der Waals surface area contributed by atoms with Crippen LogP contribution in [0.25, 0.3) is 0 Å². The van der Waals surface area contributed by atoms with Crippen LogP contribution in [0.5, 0.6) is 0 Å². The van der Waals surface area contributed by atoms with Crippen LogP contribution in [0.1, 0.15) is 11.6 Å². The Labute approximate surface area is 125 Å². The largest absolute Gasteiger partial charge is 0.369 e. The monoisotopic (exact) mass is 307 g/mol. The first-order valence-corrected chi connectivity index (χ1v) is 6.74. The molecule has 0 saturated heterocycles. The lowest BCUT2D eigenvalue weighted by Gasteiger charge is -2.27. The van der Waals surface area contributed by atoms with Crippen molar-refractivity contribution in [1.82, 2.24) is 0 Å². The fraction of sp³-hybridized carbons (Fsp3) is 0.133. The van der Waals surface area contributed by atoms with Gasteiger partial charge in [0.15, 0.2) is 5.96 Å². The zero-order valence-electron chi connectivity index (χ0n) is 10.9. The van der Waals surface area contributed by atoms with Crippen molar-refractivity contribution in [2.24, 2.45) is 10.7 Å².